The molecule has 82 valence electrons. The van der Waals surface area contributed by atoms with E-state index in [1.165, 1.54) is 0 Å². The first-order valence-corrected chi connectivity index (χ1v) is 5.17. The van der Waals surface area contributed by atoms with Crippen LogP contribution in [0.1, 0.15) is 0 Å². The summed E-state index contributed by atoms with van der Waals surface area (Å²) in [7, 11) is -4.29. The van der Waals surface area contributed by atoms with E-state index in [0.29, 0.717) is 0 Å². The molecule has 0 aromatic rings. The molecule has 0 aromatic carbocycles. The van der Waals surface area contributed by atoms with Gasteiger partial charge in [-0.05, 0) is 0 Å². The minimum Gasteiger partial charge on any atom is -0.481 e. The lowest BCUT2D eigenvalue weighted by Gasteiger charge is -2.11. The lowest BCUT2D eigenvalue weighted by Crippen LogP contribution is -2.34. The Balaban J connectivity index is 4.05. The average Bonchev–Trinajstić information content (AvgIpc) is 1.97. The van der Waals surface area contributed by atoms with Crippen molar-refractivity contribution in [2.24, 2.45) is 5.73 Å². The number of aliphatic carboxylic acids is 2. The van der Waals surface area contributed by atoms with Crippen LogP contribution in [0.3, 0.4) is 0 Å². The zero-order chi connectivity index (χ0) is 11.4. The second kappa shape index (κ2) is 5.06. The molecule has 0 saturated carbocycles. The Kier molecular flexibility index (Phi) is 4.72. The van der Waals surface area contributed by atoms with Gasteiger partial charge >= 0.3 is 19.5 Å². The number of carboxylic acids is 2. The number of rotatable bonds is 6. The second-order valence-corrected chi connectivity index (χ2v) is 4.28. The van der Waals surface area contributed by atoms with Gasteiger partial charge in [0.2, 0.25) is 0 Å². The normalized spacial score (nSPS) is 17.0. The molecule has 14 heavy (non-hydrogen) atoms. The predicted molar refractivity (Wildman–Crippen MR) is 43.9 cm³/mol. The Hall–Kier alpha value is -0.950. The fraction of sp³-hybridized carbons (Fsp3) is 0.600. The van der Waals surface area contributed by atoms with Crippen LogP contribution in [-0.4, -0.2) is 45.9 Å². The lowest BCUT2D eigenvalue weighted by molar-refractivity contribution is -0.139. The number of hydrogen-bond donors (Lipinski definition) is 4. The fourth-order valence-corrected chi connectivity index (χ4v) is 1.31. The Morgan fingerprint density at radius 3 is 2.29 bits per heavy atom. The highest BCUT2D eigenvalue weighted by Gasteiger charge is 2.26. The van der Waals surface area contributed by atoms with Gasteiger partial charge in [0.25, 0.3) is 0 Å². The Labute approximate surface area is 78.8 Å². The van der Waals surface area contributed by atoms with Crippen LogP contribution in [-0.2, 0) is 18.7 Å². The lowest BCUT2D eigenvalue weighted by atomic mass is 10.3. The summed E-state index contributed by atoms with van der Waals surface area (Å²) >= 11 is 0. The molecule has 2 atom stereocenters. The molecule has 0 aliphatic carbocycles. The summed E-state index contributed by atoms with van der Waals surface area (Å²) in [5, 5.41) is 16.4. The largest absolute Gasteiger partial charge is 0.481 e. The van der Waals surface area contributed by atoms with Crippen molar-refractivity contribution < 1.29 is 33.8 Å². The summed E-state index contributed by atoms with van der Waals surface area (Å²) in [4.78, 5) is 29.0. The summed E-state index contributed by atoms with van der Waals surface area (Å²) in [6.07, 6.45) is -1.08. The third-order valence-corrected chi connectivity index (χ3v) is 2.33. The van der Waals surface area contributed by atoms with Crippen LogP contribution in [0.2, 0.25) is 0 Å². The monoisotopic (exact) mass is 227 g/mol. The van der Waals surface area contributed by atoms with Gasteiger partial charge in [0.05, 0.1) is 6.61 Å². The first kappa shape index (κ1) is 13.1. The van der Waals surface area contributed by atoms with Gasteiger partial charge in [0, 0.05) is 0 Å². The van der Waals surface area contributed by atoms with Crippen LogP contribution in [0.4, 0.5) is 0 Å². The topological polar surface area (TPSA) is 147 Å². The standard InChI is InChI=1S/C5H10NO7P/c6-3(5(9)10)1-13-14(11,12)2-4(7)8/h3H,1-2,6H2,(H,7,8)(H,9,10)(H,11,12). The Morgan fingerprint density at radius 2 is 1.93 bits per heavy atom. The highest BCUT2D eigenvalue weighted by Crippen LogP contribution is 2.41. The van der Waals surface area contributed by atoms with Crippen molar-refractivity contribution in [2.45, 2.75) is 6.04 Å². The van der Waals surface area contributed by atoms with Crippen LogP contribution in [0, 0.1) is 0 Å². The van der Waals surface area contributed by atoms with Gasteiger partial charge in [0.15, 0.2) is 0 Å². The van der Waals surface area contributed by atoms with Gasteiger partial charge in [-0.1, -0.05) is 0 Å². The van der Waals surface area contributed by atoms with Crippen LogP contribution in [0.5, 0.6) is 0 Å². The zero-order valence-corrected chi connectivity index (χ0v) is 7.89. The van der Waals surface area contributed by atoms with Gasteiger partial charge < -0.3 is 25.4 Å². The van der Waals surface area contributed by atoms with E-state index in [4.69, 9.17) is 20.8 Å². The van der Waals surface area contributed by atoms with Gasteiger partial charge in [0.1, 0.15) is 12.2 Å². The van der Waals surface area contributed by atoms with Crippen molar-refractivity contribution in [3.63, 3.8) is 0 Å². The van der Waals surface area contributed by atoms with E-state index >= 15 is 0 Å². The molecule has 0 spiro atoms. The average molecular weight is 227 g/mol. The minimum atomic E-state index is -4.29. The molecule has 0 heterocycles. The third kappa shape index (κ3) is 5.65. The molecule has 0 saturated heterocycles. The molecule has 9 heteroatoms. The van der Waals surface area contributed by atoms with Crippen molar-refractivity contribution in [1.29, 1.82) is 0 Å². The van der Waals surface area contributed by atoms with E-state index in [9.17, 15) is 14.2 Å². The summed E-state index contributed by atoms with van der Waals surface area (Å²) in [6.45, 7) is -0.712. The van der Waals surface area contributed by atoms with Crippen LogP contribution >= 0.6 is 7.60 Å². The molecule has 0 aromatic heterocycles. The first-order chi connectivity index (χ1) is 6.24. The summed E-state index contributed by atoms with van der Waals surface area (Å²) < 4.78 is 15.0. The summed E-state index contributed by atoms with van der Waals surface area (Å²) in [6, 6.07) is -1.45. The fourth-order valence-electron chi connectivity index (χ4n) is 0.485. The molecule has 0 radical (unpaired) electrons. The number of hydrogen-bond acceptors (Lipinski definition) is 5. The summed E-state index contributed by atoms with van der Waals surface area (Å²) in [5.74, 6) is -2.92. The maximum Gasteiger partial charge on any atom is 0.339 e. The van der Waals surface area contributed by atoms with E-state index in [2.05, 4.69) is 4.52 Å². The molecule has 0 bridgehead atoms. The molecule has 2 unspecified atom stereocenters. The molecular weight excluding hydrogens is 217 g/mol. The quantitative estimate of drug-likeness (QED) is 0.408. The Bertz CT molecular complexity index is 277. The third-order valence-electron chi connectivity index (χ3n) is 1.11. The zero-order valence-electron chi connectivity index (χ0n) is 6.99. The molecule has 0 fully saturated rings. The van der Waals surface area contributed by atoms with Crippen molar-refractivity contribution in [3.05, 3.63) is 0 Å². The summed E-state index contributed by atoms with van der Waals surface area (Å²) in [5.41, 5.74) is 4.95. The smallest absolute Gasteiger partial charge is 0.339 e. The second-order valence-electron chi connectivity index (χ2n) is 2.43. The number of carbonyl (C=O) groups is 2. The molecule has 0 amide bonds. The van der Waals surface area contributed by atoms with E-state index in [1.807, 2.05) is 0 Å². The van der Waals surface area contributed by atoms with Crippen molar-refractivity contribution >= 4 is 19.5 Å². The van der Waals surface area contributed by atoms with Crippen LogP contribution in [0.25, 0.3) is 0 Å². The number of carboxylic acid groups (broad SMARTS) is 2. The predicted octanol–water partition coefficient (Wildman–Crippen LogP) is -1.32. The molecular formula is C5H10NO7P. The Morgan fingerprint density at radius 1 is 1.43 bits per heavy atom. The molecule has 8 nitrogen and oxygen atoms in total. The van der Waals surface area contributed by atoms with Crippen molar-refractivity contribution in [1.82, 2.24) is 0 Å². The van der Waals surface area contributed by atoms with E-state index in [-0.39, 0.29) is 0 Å². The van der Waals surface area contributed by atoms with Gasteiger partial charge in [-0.15, -0.1) is 0 Å². The van der Waals surface area contributed by atoms with Crippen molar-refractivity contribution in [3.8, 4) is 0 Å². The van der Waals surface area contributed by atoms with Crippen LogP contribution < -0.4 is 5.73 Å². The van der Waals surface area contributed by atoms with Gasteiger partial charge in [-0.3, -0.25) is 14.2 Å². The number of nitrogens with two attached hydrogens (primary N) is 1. The molecule has 0 aliphatic heterocycles. The van der Waals surface area contributed by atoms with Gasteiger partial charge in [-0.2, -0.15) is 0 Å². The van der Waals surface area contributed by atoms with E-state index in [0.717, 1.165) is 0 Å². The molecule has 0 aliphatic rings. The highest BCUT2D eigenvalue weighted by atomic mass is 31.2. The molecule has 0 rings (SSSR count). The SMILES string of the molecule is NC(COP(=O)(O)CC(=O)O)C(=O)O. The van der Waals surface area contributed by atoms with Gasteiger partial charge in [-0.25, -0.2) is 0 Å². The molecule has 5 N–H and O–H groups in total. The highest BCUT2D eigenvalue weighted by molar-refractivity contribution is 7.53. The van der Waals surface area contributed by atoms with E-state index < -0.39 is 38.3 Å². The maximum absolute atomic E-state index is 10.9. The van der Waals surface area contributed by atoms with Crippen LogP contribution in [0.15, 0.2) is 0 Å². The maximum atomic E-state index is 10.9. The van der Waals surface area contributed by atoms with E-state index in [1.54, 1.807) is 0 Å². The first-order valence-electron chi connectivity index (χ1n) is 3.41. The van der Waals surface area contributed by atoms with Crippen molar-refractivity contribution in [2.75, 3.05) is 12.8 Å². The minimum absolute atomic E-state index is 0.712.